The third-order valence-electron chi connectivity index (χ3n) is 3.38. The van der Waals surface area contributed by atoms with Crippen LogP contribution in [0.1, 0.15) is 5.56 Å². The number of nitrogens with zero attached hydrogens (tertiary/aromatic N) is 1. The summed E-state index contributed by atoms with van der Waals surface area (Å²) in [7, 11) is -2.01. The summed E-state index contributed by atoms with van der Waals surface area (Å²) in [6.07, 6.45) is 0. The molecule has 1 aliphatic rings. The number of halogens is 1. The van der Waals surface area contributed by atoms with Gasteiger partial charge in [-0.3, -0.25) is 0 Å². The van der Waals surface area contributed by atoms with Gasteiger partial charge >= 0.3 is 0 Å². The minimum absolute atomic E-state index is 0.00578. The van der Waals surface area contributed by atoms with Crippen LogP contribution in [0.3, 0.4) is 0 Å². The summed E-state index contributed by atoms with van der Waals surface area (Å²) in [5.41, 5.74) is 0.838. The van der Waals surface area contributed by atoms with Crippen molar-refractivity contribution < 1.29 is 17.9 Å². The summed E-state index contributed by atoms with van der Waals surface area (Å²) in [4.78, 5) is 0.177. The van der Waals surface area contributed by atoms with E-state index in [2.05, 4.69) is 15.9 Å². The molecule has 2 aromatic carbocycles. The van der Waals surface area contributed by atoms with E-state index in [4.69, 9.17) is 9.47 Å². The highest BCUT2D eigenvalue weighted by atomic mass is 79.9. The van der Waals surface area contributed by atoms with Gasteiger partial charge in [-0.05, 0) is 35.9 Å². The number of sulfonamides is 1. The smallest absolute Gasteiger partial charge is 0.249 e. The summed E-state index contributed by atoms with van der Waals surface area (Å²) in [5, 5.41) is 0. The van der Waals surface area contributed by atoms with Gasteiger partial charge in [0.25, 0.3) is 0 Å². The third kappa shape index (κ3) is 2.84. The molecule has 0 aliphatic carbocycles. The fourth-order valence-corrected chi connectivity index (χ4v) is 4.22. The highest BCUT2D eigenvalue weighted by Gasteiger charge is 2.33. The Hall–Kier alpha value is -1.57. The number of hydrogen-bond acceptors (Lipinski definition) is 4. The fourth-order valence-electron chi connectivity index (χ4n) is 2.26. The first kappa shape index (κ1) is 15.3. The zero-order chi connectivity index (χ0) is 15.7. The van der Waals surface area contributed by atoms with E-state index in [0.29, 0.717) is 16.0 Å². The number of methoxy groups -OCH3 is 1. The maximum atomic E-state index is 12.7. The molecule has 3 rings (SSSR count). The van der Waals surface area contributed by atoms with Gasteiger partial charge in [-0.15, -0.1) is 0 Å². The zero-order valence-electron chi connectivity index (χ0n) is 11.8. The lowest BCUT2D eigenvalue weighted by molar-refractivity contribution is 0.177. The Balaban J connectivity index is 1.93. The number of ether oxygens (including phenoxy) is 2. The Morgan fingerprint density at radius 3 is 2.86 bits per heavy atom. The average Bonchev–Trinajstić information content (AvgIpc) is 2.51. The van der Waals surface area contributed by atoms with Crippen molar-refractivity contribution in [1.82, 2.24) is 4.31 Å². The standard InChI is InChI=1S/C15H14BrNO4S/c1-20-13-4-2-3-11(7-13)9-17-10-21-14-6-5-12(16)8-15(14)22(17,18)19/h2-8H,9-10H2,1H3. The van der Waals surface area contributed by atoms with Gasteiger partial charge in [-0.1, -0.05) is 28.1 Å². The van der Waals surface area contributed by atoms with Gasteiger partial charge < -0.3 is 9.47 Å². The molecule has 116 valence electrons. The molecule has 0 spiro atoms. The van der Waals surface area contributed by atoms with Crippen molar-refractivity contribution in [3.63, 3.8) is 0 Å². The zero-order valence-corrected chi connectivity index (χ0v) is 14.2. The number of fused-ring (bicyclic) bond motifs is 1. The second-order valence-corrected chi connectivity index (χ2v) is 7.65. The van der Waals surface area contributed by atoms with E-state index in [9.17, 15) is 8.42 Å². The highest BCUT2D eigenvalue weighted by Crippen LogP contribution is 2.34. The molecule has 1 aliphatic heterocycles. The topological polar surface area (TPSA) is 55.8 Å². The lowest BCUT2D eigenvalue weighted by Gasteiger charge is -2.28. The maximum Gasteiger partial charge on any atom is 0.249 e. The fraction of sp³-hybridized carbons (Fsp3) is 0.200. The first-order valence-electron chi connectivity index (χ1n) is 6.56. The average molecular weight is 384 g/mol. The largest absolute Gasteiger partial charge is 0.497 e. The van der Waals surface area contributed by atoms with Crippen LogP contribution in [0, 0.1) is 0 Å². The minimum Gasteiger partial charge on any atom is -0.497 e. The van der Waals surface area contributed by atoms with Crippen LogP contribution in [0.25, 0.3) is 0 Å². The molecule has 5 nitrogen and oxygen atoms in total. The summed E-state index contributed by atoms with van der Waals surface area (Å²) >= 11 is 3.29. The van der Waals surface area contributed by atoms with Crippen molar-refractivity contribution in [3.05, 3.63) is 52.5 Å². The summed E-state index contributed by atoms with van der Waals surface area (Å²) in [6, 6.07) is 12.3. The Morgan fingerprint density at radius 2 is 2.09 bits per heavy atom. The Kier molecular flexibility index (Phi) is 4.12. The van der Waals surface area contributed by atoms with Gasteiger partial charge in [0, 0.05) is 11.0 Å². The Morgan fingerprint density at radius 1 is 1.27 bits per heavy atom. The lowest BCUT2D eigenvalue weighted by atomic mass is 10.2. The number of rotatable bonds is 3. The molecule has 0 saturated heterocycles. The van der Waals surface area contributed by atoms with Crippen molar-refractivity contribution in [2.75, 3.05) is 13.8 Å². The van der Waals surface area contributed by atoms with Crippen LogP contribution in [0.15, 0.2) is 51.8 Å². The van der Waals surface area contributed by atoms with E-state index in [1.54, 1.807) is 25.3 Å². The van der Waals surface area contributed by atoms with Crippen molar-refractivity contribution in [3.8, 4) is 11.5 Å². The van der Waals surface area contributed by atoms with Crippen LogP contribution in [0.5, 0.6) is 11.5 Å². The molecule has 0 saturated carbocycles. The maximum absolute atomic E-state index is 12.7. The molecule has 0 atom stereocenters. The van der Waals surface area contributed by atoms with Gasteiger partial charge in [0.1, 0.15) is 16.4 Å². The number of hydrogen-bond donors (Lipinski definition) is 0. The SMILES string of the molecule is COc1cccc(CN2COc3ccc(Br)cc3S2(=O)=O)c1. The predicted octanol–water partition coefficient (Wildman–Crippen LogP) is 3.00. The van der Waals surface area contributed by atoms with E-state index in [-0.39, 0.29) is 18.2 Å². The molecule has 0 fully saturated rings. The van der Waals surface area contributed by atoms with Crippen molar-refractivity contribution >= 4 is 26.0 Å². The Labute approximate surface area is 137 Å². The molecule has 0 bridgehead atoms. The van der Waals surface area contributed by atoms with Crippen LogP contribution in [0.4, 0.5) is 0 Å². The molecule has 2 aromatic rings. The van der Waals surface area contributed by atoms with E-state index < -0.39 is 10.0 Å². The molecule has 0 aromatic heterocycles. The van der Waals surface area contributed by atoms with E-state index in [1.165, 1.54) is 4.31 Å². The van der Waals surface area contributed by atoms with Crippen LogP contribution >= 0.6 is 15.9 Å². The molecule has 0 N–H and O–H groups in total. The van der Waals surface area contributed by atoms with Gasteiger partial charge in [0.15, 0.2) is 6.73 Å². The summed E-state index contributed by atoms with van der Waals surface area (Å²) < 4.78 is 38.1. The summed E-state index contributed by atoms with van der Waals surface area (Å²) in [6.45, 7) is 0.222. The molecular formula is C15H14BrNO4S. The van der Waals surface area contributed by atoms with Crippen LogP contribution in [0.2, 0.25) is 0 Å². The first-order valence-corrected chi connectivity index (χ1v) is 8.79. The lowest BCUT2D eigenvalue weighted by Crippen LogP contribution is -2.37. The minimum atomic E-state index is -3.59. The Bertz CT molecular complexity index is 807. The van der Waals surface area contributed by atoms with Gasteiger partial charge in [-0.2, -0.15) is 4.31 Å². The normalized spacial score (nSPS) is 16.6. The predicted molar refractivity (Wildman–Crippen MR) is 85.4 cm³/mol. The van der Waals surface area contributed by atoms with Crippen LogP contribution in [-0.2, 0) is 16.6 Å². The summed E-state index contributed by atoms with van der Waals surface area (Å²) in [5.74, 6) is 1.07. The van der Waals surface area contributed by atoms with Gasteiger partial charge in [-0.25, -0.2) is 8.42 Å². The van der Waals surface area contributed by atoms with Crippen molar-refractivity contribution in [2.24, 2.45) is 0 Å². The molecule has 0 unspecified atom stereocenters. The molecule has 1 heterocycles. The van der Waals surface area contributed by atoms with Crippen LogP contribution < -0.4 is 9.47 Å². The van der Waals surface area contributed by atoms with E-state index in [1.807, 2.05) is 24.3 Å². The van der Waals surface area contributed by atoms with Gasteiger partial charge in [0.2, 0.25) is 10.0 Å². The molecular weight excluding hydrogens is 370 g/mol. The molecule has 0 radical (unpaired) electrons. The monoisotopic (exact) mass is 383 g/mol. The quantitative estimate of drug-likeness (QED) is 0.817. The molecule has 22 heavy (non-hydrogen) atoms. The second-order valence-electron chi connectivity index (χ2n) is 4.83. The third-order valence-corrected chi connectivity index (χ3v) is 5.66. The second kappa shape index (κ2) is 5.91. The molecule has 0 amide bonds. The van der Waals surface area contributed by atoms with E-state index in [0.717, 1.165) is 5.56 Å². The van der Waals surface area contributed by atoms with Gasteiger partial charge in [0.05, 0.1) is 7.11 Å². The van der Waals surface area contributed by atoms with Crippen molar-refractivity contribution in [1.29, 1.82) is 0 Å². The first-order chi connectivity index (χ1) is 10.5. The molecule has 7 heteroatoms. The van der Waals surface area contributed by atoms with Crippen LogP contribution in [-0.4, -0.2) is 26.6 Å². The highest BCUT2D eigenvalue weighted by molar-refractivity contribution is 9.10. The number of benzene rings is 2. The van der Waals surface area contributed by atoms with Crippen molar-refractivity contribution in [2.45, 2.75) is 11.4 Å². The van der Waals surface area contributed by atoms with E-state index >= 15 is 0 Å².